The fourth-order valence-electron chi connectivity index (χ4n) is 2.94. The number of fused-ring (bicyclic) bond motifs is 1. The largest absolute Gasteiger partial charge is 0.481 e. The minimum Gasteiger partial charge on any atom is -0.481 e. The Hall–Kier alpha value is -3.74. The number of benzene rings is 2. The summed E-state index contributed by atoms with van der Waals surface area (Å²) in [5.74, 6) is -1.90. The van der Waals surface area contributed by atoms with Crippen molar-refractivity contribution in [3.63, 3.8) is 0 Å². The van der Waals surface area contributed by atoms with Crippen LogP contribution in [0, 0.1) is 11.6 Å². The highest BCUT2D eigenvalue weighted by atomic mass is 19.2. The van der Waals surface area contributed by atoms with Gasteiger partial charge in [-0.05, 0) is 31.2 Å². The van der Waals surface area contributed by atoms with Crippen molar-refractivity contribution in [3.05, 3.63) is 84.6 Å². The first kappa shape index (κ1) is 18.6. The molecule has 146 valence electrons. The van der Waals surface area contributed by atoms with Gasteiger partial charge in [0.15, 0.2) is 17.7 Å². The predicted molar refractivity (Wildman–Crippen MR) is 106 cm³/mol. The van der Waals surface area contributed by atoms with Gasteiger partial charge in [0.25, 0.3) is 5.91 Å². The maximum atomic E-state index is 13.4. The number of ether oxygens (including phenoxy) is 1. The molecular formula is C22H17F2N3O2. The van der Waals surface area contributed by atoms with E-state index in [9.17, 15) is 13.6 Å². The van der Waals surface area contributed by atoms with Crippen LogP contribution >= 0.6 is 0 Å². The highest BCUT2D eigenvalue weighted by Gasteiger charge is 2.21. The third-order valence-electron chi connectivity index (χ3n) is 4.39. The van der Waals surface area contributed by atoms with Gasteiger partial charge in [-0.2, -0.15) is 0 Å². The average molecular weight is 393 g/mol. The average Bonchev–Trinajstić information content (AvgIpc) is 3.10. The fourth-order valence-corrected chi connectivity index (χ4v) is 2.94. The van der Waals surface area contributed by atoms with Crippen LogP contribution in [0.4, 0.5) is 14.6 Å². The first-order valence-corrected chi connectivity index (χ1v) is 8.98. The second-order valence-electron chi connectivity index (χ2n) is 6.43. The number of halogens is 2. The number of pyridine rings is 1. The molecule has 0 aliphatic rings. The molecule has 0 aliphatic heterocycles. The number of nitrogens with zero attached hydrogens (tertiary/aromatic N) is 2. The molecule has 1 unspecified atom stereocenters. The van der Waals surface area contributed by atoms with Crippen molar-refractivity contribution < 1.29 is 18.3 Å². The minimum absolute atomic E-state index is 0.0629. The van der Waals surface area contributed by atoms with Crippen molar-refractivity contribution in [3.8, 4) is 17.0 Å². The van der Waals surface area contributed by atoms with E-state index in [-0.39, 0.29) is 5.75 Å². The Bertz CT molecular complexity index is 1180. The van der Waals surface area contributed by atoms with Crippen LogP contribution in [0.3, 0.4) is 0 Å². The molecule has 0 saturated carbocycles. The first-order valence-electron chi connectivity index (χ1n) is 8.98. The number of imidazole rings is 1. The zero-order chi connectivity index (χ0) is 20.4. The van der Waals surface area contributed by atoms with Gasteiger partial charge in [0, 0.05) is 17.8 Å². The lowest BCUT2D eigenvalue weighted by Crippen LogP contribution is -2.30. The normalized spacial score (nSPS) is 12.0. The number of aromatic nitrogens is 2. The van der Waals surface area contributed by atoms with Crippen LogP contribution in [0.15, 0.2) is 72.9 Å². The Morgan fingerprint density at radius 2 is 1.79 bits per heavy atom. The van der Waals surface area contributed by atoms with Crippen molar-refractivity contribution in [2.75, 3.05) is 5.32 Å². The molecule has 0 bridgehead atoms. The van der Waals surface area contributed by atoms with Gasteiger partial charge in [-0.3, -0.25) is 9.20 Å². The molecule has 1 atom stereocenters. The number of hydrogen-bond acceptors (Lipinski definition) is 3. The summed E-state index contributed by atoms with van der Waals surface area (Å²) in [6.07, 6.45) is 0.850. The van der Waals surface area contributed by atoms with E-state index in [0.29, 0.717) is 17.2 Å². The Morgan fingerprint density at radius 1 is 1.03 bits per heavy atom. The van der Waals surface area contributed by atoms with Crippen molar-refractivity contribution in [1.29, 1.82) is 0 Å². The maximum Gasteiger partial charge on any atom is 0.266 e. The van der Waals surface area contributed by atoms with Crippen LogP contribution in [0.1, 0.15) is 6.92 Å². The predicted octanol–water partition coefficient (Wildman–Crippen LogP) is 4.69. The molecule has 1 amide bonds. The standard InChI is InChI=1S/C22H17F2N3O2/c1-14(29-16-10-11-17(23)18(24)13-16)22(28)26-21-20(15-7-3-2-4-8-15)25-19-9-5-6-12-27(19)21/h2-14H,1H3,(H,26,28). The van der Waals surface area contributed by atoms with E-state index in [0.717, 1.165) is 17.7 Å². The molecule has 0 saturated heterocycles. The van der Waals surface area contributed by atoms with E-state index in [1.807, 2.05) is 48.5 Å². The molecule has 0 aliphatic carbocycles. The van der Waals surface area contributed by atoms with Crippen molar-refractivity contribution >= 4 is 17.4 Å². The van der Waals surface area contributed by atoms with Crippen molar-refractivity contribution in [1.82, 2.24) is 9.38 Å². The van der Waals surface area contributed by atoms with Gasteiger partial charge in [0.1, 0.15) is 22.9 Å². The van der Waals surface area contributed by atoms with Crippen LogP contribution in [0.5, 0.6) is 5.75 Å². The molecule has 5 nitrogen and oxygen atoms in total. The summed E-state index contributed by atoms with van der Waals surface area (Å²) in [6, 6.07) is 18.1. The van der Waals surface area contributed by atoms with Gasteiger partial charge >= 0.3 is 0 Å². The minimum atomic E-state index is -1.04. The van der Waals surface area contributed by atoms with Crippen LogP contribution in [0.2, 0.25) is 0 Å². The summed E-state index contributed by atoms with van der Waals surface area (Å²) in [6.45, 7) is 1.53. The van der Waals surface area contributed by atoms with Gasteiger partial charge in [-0.25, -0.2) is 13.8 Å². The van der Waals surface area contributed by atoms with Crippen LogP contribution < -0.4 is 10.1 Å². The fraction of sp³-hybridized carbons (Fsp3) is 0.0909. The summed E-state index contributed by atoms with van der Waals surface area (Å²) < 4.78 is 33.7. The molecule has 7 heteroatoms. The number of nitrogens with one attached hydrogen (secondary N) is 1. The monoisotopic (exact) mass is 393 g/mol. The number of rotatable bonds is 5. The van der Waals surface area contributed by atoms with E-state index in [2.05, 4.69) is 10.3 Å². The van der Waals surface area contributed by atoms with Crippen molar-refractivity contribution in [2.45, 2.75) is 13.0 Å². The maximum absolute atomic E-state index is 13.4. The second kappa shape index (κ2) is 7.71. The molecule has 29 heavy (non-hydrogen) atoms. The second-order valence-corrected chi connectivity index (χ2v) is 6.43. The molecule has 2 aromatic carbocycles. The molecule has 2 aromatic heterocycles. The summed E-state index contributed by atoms with van der Waals surface area (Å²) in [7, 11) is 0. The Morgan fingerprint density at radius 3 is 2.55 bits per heavy atom. The highest BCUT2D eigenvalue weighted by Crippen LogP contribution is 2.29. The van der Waals surface area contributed by atoms with E-state index < -0.39 is 23.6 Å². The Labute approximate surface area is 165 Å². The lowest BCUT2D eigenvalue weighted by atomic mass is 10.1. The summed E-state index contributed by atoms with van der Waals surface area (Å²) in [4.78, 5) is 17.4. The third-order valence-corrected chi connectivity index (χ3v) is 4.39. The quantitative estimate of drug-likeness (QED) is 0.535. The van der Waals surface area contributed by atoms with Gasteiger partial charge in [0.2, 0.25) is 0 Å². The third kappa shape index (κ3) is 3.80. The summed E-state index contributed by atoms with van der Waals surface area (Å²) in [5, 5.41) is 2.85. The number of carbonyl (C=O) groups excluding carboxylic acids is 1. The molecule has 4 rings (SSSR count). The van der Waals surface area contributed by atoms with Gasteiger partial charge in [0.05, 0.1) is 0 Å². The molecule has 2 heterocycles. The smallest absolute Gasteiger partial charge is 0.266 e. The van der Waals surface area contributed by atoms with E-state index in [4.69, 9.17) is 4.74 Å². The number of carbonyl (C=O) groups is 1. The van der Waals surface area contributed by atoms with Gasteiger partial charge < -0.3 is 10.1 Å². The lowest BCUT2D eigenvalue weighted by molar-refractivity contribution is -0.122. The molecule has 0 fully saturated rings. The van der Waals surface area contributed by atoms with Crippen molar-refractivity contribution in [2.24, 2.45) is 0 Å². The molecular weight excluding hydrogens is 376 g/mol. The summed E-state index contributed by atoms with van der Waals surface area (Å²) >= 11 is 0. The van der Waals surface area contributed by atoms with Gasteiger partial charge in [-0.1, -0.05) is 36.4 Å². The molecule has 0 spiro atoms. The van der Waals surface area contributed by atoms with Crippen LogP contribution in [-0.4, -0.2) is 21.4 Å². The zero-order valence-corrected chi connectivity index (χ0v) is 15.5. The van der Waals surface area contributed by atoms with Gasteiger partial charge in [-0.15, -0.1) is 0 Å². The number of amides is 1. The van der Waals surface area contributed by atoms with Crippen LogP contribution in [-0.2, 0) is 4.79 Å². The number of anilines is 1. The Balaban J connectivity index is 1.62. The SMILES string of the molecule is CC(Oc1ccc(F)c(F)c1)C(=O)Nc1c(-c2ccccc2)nc2ccccn12. The number of hydrogen-bond donors (Lipinski definition) is 1. The highest BCUT2D eigenvalue weighted by molar-refractivity contribution is 5.97. The molecule has 1 N–H and O–H groups in total. The molecule has 0 radical (unpaired) electrons. The lowest BCUT2D eigenvalue weighted by Gasteiger charge is -2.15. The first-order chi connectivity index (χ1) is 14.0. The zero-order valence-electron chi connectivity index (χ0n) is 15.5. The Kier molecular flexibility index (Phi) is 4.95. The van der Waals surface area contributed by atoms with Crippen LogP contribution in [0.25, 0.3) is 16.9 Å². The van der Waals surface area contributed by atoms with E-state index >= 15 is 0 Å². The summed E-state index contributed by atoms with van der Waals surface area (Å²) in [5.41, 5.74) is 2.14. The topological polar surface area (TPSA) is 55.6 Å². The molecule has 4 aromatic rings. The van der Waals surface area contributed by atoms with E-state index in [1.165, 1.54) is 13.0 Å². The van der Waals surface area contributed by atoms with E-state index in [1.54, 1.807) is 10.6 Å².